The number of hydrogen-bond acceptors (Lipinski definition) is 1. The predicted molar refractivity (Wildman–Crippen MR) is 52.3 cm³/mol. The van der Waals surface area contributed by atoms with Crippen LogP contribution in [0, 0.1) is 23.7 Å². The van der Waals surface area contributed by atoms with Crippen molar-refractivity contribution in [2.75, 3.05) is 0 Å². The van der Waals surface area contributed by atoms with Gasteiger partial charge in [-0.15, -0.1) is 0 Å². The summed E-state index contributed by atoms with van der Waals surface area (Å²) in [5, 5.41) is 10.5. The van der Waals surface area contributed by atoms with Gasteiger partial charge in [-0.3, -0.25) is 0 Å². The Balaban J connectivity index is 1.89. The van der Waals surface area contributed by atoms with E-state index in [0.29, 0.717) is 11.8 Å². The van der Waals surface area contributed by atoms with Gasteiger partial charge in [0, 0.05) is 0 Å². The molecule has 3 rings (SSSR count). The molecule has 0 heterocycles. The summed E-state index contributed by atoms with van der Waals surface area (Å²) >= 11 is 0. The van der Waals surface area contributed by atoms with Gasteiger partial charge >= 0.3 is 0 Å². The van der Waals surface area contributed by atoms with E-state index < -0.39 is 0 Å². The SMILES string of the molecule is CC1(O)C2CCC2CC2CCC[C@H]21. The zero-order valence-electron chi connectivity index (χ0n) is 8.50. The first-order valence-electron chi connectivity index (χ1n) is 5.92. The third-order valence-corrected chi connectivity index (χ3v) is 5.18. The van der Waals surface area contributed by atoms with E-state index in [0.717, 1.165) is 11.8 Å². The second-order valence-electron chi connectivity index (χ2n) is 5.70. The maximum Gasteiger partial charge on any atom is 0.0681 e. The normalized spacial score (nSPS) is 59.5. The quantitative estimate of drug-likeness (QED) is 0.607. The van der Waals surface area contributed by atoms with Crippen LogP contribution >= 0.6 is 0 Å². The fraction of sp³-hybridized carbons (Fsp3) is 1.00. The molecule has 0 amide bonds. The Bertz CT molecular complexity index is 221. The lowest BCUT2D eigenvalue weighted by atomic mass is 9.53. The molecule has 3 aliphatic rings. The molecule has 1 N–H and O–H groups in total. The second-order valence-corrected chi connectivity index (χ2v) is 5.70. The average molecular weight is 180 g/mol. The zero-order valence-corrected chi connectivity index (χ0v) is 8.50. The van der Waals surface area contributed by atoms with Crippen LogP contribution in [0.1, 0.15) is 45.4 Å². The first kappa shape index (κ1) is 8.28. The van der Waals surface area contributed by atoms with Gasteiger partial charge in [-0.1, -0.05) is 12.8 Å². The maximum atomic E-state index is 10.5. The Labute approximate surface area is 80.5 Å². The van der Waals surface area contributed by atoms with Gasteiger partial charge in [-0.05, 0) is 56.3 Å². The Morgan fingerprint density at radius 2 is 1.69 bits per heavy atom. The fourth-order valence-corrected chi connectivity index (χ4v) is 4.37. The highest BCUT2D eigenvalue weighted by Gasteiger charge is 2.55. The standard InChI is InChI=1S/C12H20O/c1-12(13)10-4-2-3-8(10)7-9-5-6-11(9)12/h8-11,13H,2-7H2,1H3/t8?,9?,10-,11?,12?/m1/s1. The lowest BCUT2D eigenvalue weighted by Crippen LogP contribution is -2.55. The van der Waals surface area contributed by atoms with Crippen molar-refractivity contribution < 1.29 is 5.11 Å². The van der Waals surface area contributed by atoms with Gasteiger partial charge in [0.25, 0.3) is 0 Å². The van der Waals surface area contributed by atoms with Gasteiger partial charge in [-0.2, -0.15) is 0 Å². The van der Waals surface area contributed by atoms with Crippen molar-refractivity contribution in [1.29, 1.82) is 0 Å². The lowest BCUT2D eigenvalue weighted by Gasteiger charge is -2.55. The highest BCUT2D eigenvalue weighted by molar-refractivity contribution is 5.05. The van der Waals surface area contributed by atoms with Crippen LogP contribution < -0.4 is 0 Å². The molecule has 0 radical (unpaired) electrons. The number of fused-ring (bicyclic) bond motifs is 2. The summed E-state index contributed by atoms with van der Waals surface area (Å²) in [7, 11) is 0. The summed E-state index contributed by atoms with van der Waals surface area (Å²) in [5.74, 6) is 3.06. The van der Waals surface area contributed by atoms with Crippen molar-refractivity contribution in [3.8, 4) is 0 Å². The van der Waals surface area contributed by atoms with E-state index in [9.17, 15) is 5.11 Å². The molecule has 0 aliphatic heterocycles. The van der Waals surface area contributed by atoms with Gasteiger partial charge in [0.1, 0.15) is 0 Å². The molecule has 3 saturated carbocycles. The first-order chi connectivity index (χ1) is 6.19. The van der Waals surface area contributed by atoms with Crippen LogP contribution in [0.15, 0.2) is 0 Å². The number of aliphatic hydroxyl groups is 1. The van der Waals surface area contributed by atoms with E-state index in [1.54, 1.807) is 0 Å². The summed E-state index contributed by atoms with van der Waals surface area (Å²) in [4.78, 5) is 0. The molecular formula is C12H20O. The molecule has 1 nitrogen and oxygen atoms in total. The molecule has 3 aliphatic carbocycles. The van der Waals surface area contributed by atoms with E-state index in [1.165, 1.54) is 38.5 Å². The van der Waals surface area contributed by atoms with Gasteiger partial charge in [0.05, 0.1) is 5.60 Å². The van der Waals surface area contributed by atoms with Gasteiger partial charge in [0.15, 0.2) is 0 Å². The fourth-order valence-electron chi connectivity index (χ4n) is 4.37. The van der Waals surface area contributed by atoms with Crippen molar-refractivity contribution in [3.63, 3.8) is 0 Å². The molecule has 0 aromatic rings. The van der Waals surface area contributed by atoms with Crippen molar-refractivity contribution >= 4 is 0 Å². The van der Waals surface area contributed by atoms with Crippen LogP contribution in [0.3, 0.4) is 0 Å². The Hall–Kier alpha value is -0.0400. The van der Waals surface area contributed by atoms with Crippen molar-refractivity contribution in [2.45, 2.75) is 51.0 Å². The zero-order chi connectivity index (χ0) is 9.05. The Morgan fingerprint density at radius 1 is 1.00 bits per heavy atom. The summed E-state index contributed by atoms with van der Waals surface area (Å²) in [5.41, 5.74) is -0.303. The summed E-state index contributed by atoms with van der Waals surface area (Å²) in [6.07, 6.45) is 8.17. The van der Waals surface area contributed by atoms with Crippen LogP contribution in [0.5, 0.6) is 0 Å². The summed E-state index contributed by atoms with van der Waals surface area (Å²) in [6, 6.07) is 0. The van der Waals surface area contributed by atoms with Crippen LogP contribution in [0.2, 0.25) is 0 Å². The highest BCUT2D eigenvalue weighted by Crippen LogP contribution is 2.58. The van der Waals surface area contributed by atoms with E-state index in [4.69, 9.17) is 0 Å². The van der Waals surface area contributed by atoms with Crippen molar-refractivity contribution in [2.24, 2.45) is 23.7 Å². The molecule has 4 unspecified atom stereocenters. The van der Waals surface area contributed by atoms with E-state index in [1.807, 2.05) is 0 Å². The molecule has 74 valence electrons. The molecule has 5 atom stereocenters. The van der Waals surface area contributed by atoms with E-state index >= 15 is 0 Å². The van der Waals surface area contributed by atoms with Crippen LogP contribution in [0.25, 0.3) is 0 Å². The Morgan fingerprint density at radius 3 is 2.38 bits per heavy atom. The molecule has 0 spiro atoms. The molecule has 1 heteroatoms. The largest absolute Gasteiger partial charge is 0.390 e. The number of rotatable bonds is 0. The average Bonchev–Trinajstić information content (AvgIpc) is 2.43. The third kappa shape index (κ3) is 0.971. The highest BCUT2D eigenvalue weighted by atomic mass is 16.3. The van der Waals surface area contributed by atoms with Crippen molar-refractivity contribution in [1.82, 2.24) is 0 Å². The minimum Gasteiger partial charge on any atom is -0.390 e. The molecule has 13 heavy (non-hydrogen) atoms. The first-order valence-corrected chi connectivity index (χ1v) is 5.92. The van der Waals surface area contributed by atoms with Crippen LogP contribution in [-0.4, -0.2) is 10.7 Å². The van der Waals surface area contributed by atoms with E-state index in [2.05, 4.69) is 6.92 Å². The minimum atomic E-state index is -0.303. The molecule has 0 aromatic heterocycles. The van der Waals surface area contributed by atoms with E-state index in [-0.39, 0.29) is 5.60 Å². The monoisotopic (exact) mass is 180 g/mol. The van der Waals surface area contributed by atoms with Crippen LogP contribution in [0.4, 0.5) is 0 Å². The second kappa shape index (κ2) is 2.50. The van der Waals surface area contributed by atoms with Gasteiger partial charge < -0.3 is 5.11 Å². The van der Waals surface area contributed by atoms with Gasteiger partial charge in [0.2, 0.25) is 0 Å². The number of hydrogen-bond donors (Lipinski definition) is 1. The van der Waals surface area contributed by atoms with Crippen LogP contribution in [-0.2, 0) is 0 Å². The Kier molecular flexibility index (Phi) is 1.59. The molecule has 0 bridgehead atoms. The predicted octanol–water partition coefficient (Wildman–Crippen LogP) is 2.58. The molecule has 0 aromatic carbocycles. The molecule has 0 saturated heterocycles. The molecule has 3 fully saturated rings. The summed E-state index contributed by atoms with van der Waals surface area (Å²) < 4.78 is 0. The smallest absolute Gasteiger partial charge is 0.0681 e. The molecular weight excluding hydrogens is 160 g/mol. The maximum absolute atomic E-state index is 10.5. The van der Waals surface area contributed by atoms with Gasteiger partial charge in [-0.25, -0.2) is 0 Å². The topological polar surface area (TPSA) is 20.2 Å². The third-order valence-electron chi connectivity index (χ3n) is 5.18. The minimum absolute atomic E-state index is 0.303. The summed E-state index contributed by atoms with van der Waals surface area (Å²) in [6.45, 7) is 2.12. The lowest BCUT2D eigenvalue weighted by molar-refractivity contribution is -0.154. The van der Waals surface area contributed by atoms with Crippen molar-refractivity contribution in [3.05, 3.63) is 0 Å².